The molecular formula is C19H26N6O. The minimum atomic E-state index is 0.139. The third-order valence-electron chi connectivity index (χ3n) is 4.55. The smallest absolute Gasteiger partial charge is 0.219 e. The number of fused-ring (bicyclic) bond motifs is 1. The zero-order valence-corrected chi connectivity index (χ0v) is 15.4. The van der Waals surface area contributed by atoms with Crippen molar-refractivity contribution in [3.8, 4) is 0 Å². The Kier molecular flexibility index (Phi) is 5.88. The van der Waals surface area contributed by atoms with Crippen LogP contribution in [-0.4, -0.2) is 73.0 Å². The van der Waals surface area contributed by atoms with E-state index in [1.807, 2.05) is 29.2 Å². The highest BCUT2D eigenvalue weighted by Gasteiger charge is 2.20. The van der Waals surface area contributed by atoms with Crippen LogP contribution in [0.2, 0.25) is 0 Å². The lowest BCUT2D eigenvalue weighted by Crippen LogP contribution is -2.53. The van der Waals surface area contributed by atoms with E-state index in [0.717, 1.165) is 61.9 Å². The van der Waals surface area contributed by atoms with Crippen LogP contribution < -0.4 is 10.6 Å². The zero-order valence-electron chi connectivity index (χ0n) is 15.4. The normalized spacial score (nSPS) is 15.2. The average molecular weight is 354 g/mol. The molecule has 1 aromatic heterocycles. The predicted octanol–water partition coefficient (Wildman–Crippen LogP) is 1.39. The quantitative estimate of drug-likeness (QED) is 0.493. The van der Waals surface area contributed by atoms with E-state index in [1.165, 1.54) is 0 Å². The van der Waals surface area contributed by atoms with Crippen molar-refractivity contribution >= 4 is 28.6 Å². The number of pyridine rings is 1. The van der Waals surface area contributed by atoms with Crippen LogP contribution in [0, 0.1) is 0 Å². The second-order valence-electron chi connectivity index (χ2n) is 6.28. The summed E-state index contributed by atoms with van der Waals surface area (Å²) in [7, 11) is 1.79. The van der Waals surface area contributed by atoms with Gasteiger partial charge in [-0.3, -0.25) is 9.79 Å². The molecule has 26 heavy (non-hydrogen) atoms. The highest BCUT2D eigenvalue weighted by molar-refractivity contribution is 5.81. The maximum atomic E-state index is 11.4. The summed E-state index contributed by atoms with van der Waals surface area (Å²) in [6, 6.07) is 12.2. The van der Waals surface area contributed by atoms with Gasteiger partial charge in [0.25, 0.3) is 0 Å². The first-order valence-corrected chi connectivity index (χ1v) is 8.98. The number of para-hydroxylation sites is 1. The highest BCUT2D eigenvalue weighted by atomic mass is 16.2. The molecule has 0 unspecified atom stereocenters. The molecule has 1 aromatic carbocycles. The van der Waals surface area contributed by atoms with E-state index in [4.69, 9.17) is 0 Å². The number of carbonyl (C=O) groups excluding carboxylic acids is 1. The SMILES string of the molecule is CN=C(NCCNc1ccc2ccccc2n1)N1CCN(C(C)=O)CC1. The van der Waals surface area contributed by atoms with Crippen molar-refractivity contribution in [1.82, 2.24) is 20.1 Å². The van der Waals surface area contributed by atoms with E-state index >= 15 is 0 Å². The number of amides is 1. The third kappa shape index (κ3) is 4.41. The van der Waals surface area contributed by atoms with Crippen LogP contribution in [0.1, 0.15) is 6.92 Å². The van der Waals surface area contributed by atoms with E-state index in [9.17, 15) is 4.79 Å². The number of guanidine groups is 1. The van der Waals surface area contributed by atoms with Crippen LogP contribution in [-0.2, 0) is 4.79 Å². The van der Waals surface area contributed by atoms with Crippen LogP contribution in [0.5, 0.6) is 0 Å². The van der Waals surface area contributed by atoms with Crippen molar-refractivity contribution < 1.29 is 4.79 Å². The molecule has 0 aliphatic carbocycles. The average Bonchev–Trinajstić information content (AvgIpc) is 2.68. The summed E-state index contributed by atoms with van der Waals surface area (Å²) >= 11 is 0. The minimum absolute atomic E-state index is 0.139. The number of carbonyl (C=O) groups is 1. The second kappa shape index (κ2) is 8.51. The Bertz CT molecular complexity index is 782. The number of nitrogens with one attached hydrogen (secondary N) is 2. The van der Waals surface area contributed by atoms with Crippen LogP contribution in [0.4, 0.5) is 5.82 Å². The first kappa shape index (κ1) is 18.0. The number of benzene rings is 1. The van der Waals surface area contributed by atoms with Gasteiger partial charge in [0.2, 0.25) is 5.91 Å². The van der Waals surface area contributed by atoms with Gasteiger partial charge >= 0.3 is 0 Å². The van der Waals surface area contributed by atoms with Gasteiger partial charge < -0.3 is 20.4 Å². The Hall–Kier alpha value is -2.83. The molecule has 2 aromatic rings. The molecule has 0 saturated carbocycles. The van der Waals surface area contributed by atoms with Gasteiger partial charge in [0.15, 0.2) is 5.96 Å². The molecule has 1 amide bonds. The first-order valence-electron chi connectivity index (χ1n) is 8.98. The maximum Gasteiger partial charge on any atom is 0.219 e. The summed E-state index contributed by atoms with van der Waals surface area (Å²) in [4.78, 5) is 24.4. The number of rotatable bonds is 4. The Morgan fingerprint density at radius 3 is 2.54 bits per heavy atom. The number of hydrogen-bond acceptors (Lipinski definition) is 4. The van der Waals surface area contributed by atoms with Crippen molar-refractivity contribution in [3.63, 3.8) is 0 Å². The maximum absolute atomic E-state index is 11.4. The summed E-state index contributed by atoms with van der Waals surface area (Å²) in [6.07, 6.45) is 0. The summed E-state index contributed by atoms with van der Waals surface area (Å²) < 4.78 is 0. The largest absolute Gasteiger partial charge is 0.368 e. The summed E-state index contributed by atoms with van der Waals surface area (Å²) in [6.45, 7) is 6.21. The molecule has 0 radical (unpaired) electrons. The lowest BCUT2D eigenvalue weighted by atomic mass is 10.2. The van der Waals surface area contributed by atoms with Gasteiger partial charge in [0, 0.05) is 58.6 Å². The highest BCUT2D eigenvalue weighted by Crippen LogP contribution is 2.14. The van der Waals surface area contributed by atoms with Crippen LogP contribution in [0.25, 0.3) is 10.9 Å². The van der Waals surface area contributed by atoms with Gasteiger partial charge in [-0.15, -0.1) is 0 Å². The fraction of sp³-hybridized carbons (Fsp3) is 0.421. The van der Waals surface area contributed by atoms with E-state index < -0.39 is 0 Å². The topological polar surface area (TPSA) is 72.9 Å². The lowest BCUT2D eigenvalue weighted by molar-refractivity contribution is -0.130. The zero-order chi connectivity index (χ0) is 18.4. The molecule has 0 spiro atoms. The van der Waals surface area contributed by atoms with Crippen molar-refractivity contribution in [2.45, 2.75) is 6.92 Å². The van der Waals surface area contributed by atoms with Crippen molar-refractivity contribution in [1.29, 1.82) is 0 Å². The standard InChI is InChI=1S/C19H26N6O/c1-15(26)24-11-13-25(14-12-24)19(20-2)22-10-9-21-18-8-7-16-5-3-4-6-17(16)23-18/h3-8H,9-14H2,1-2H3,(H,20,22)(H,21,23). The number of aliphatic imine (C=N–C) groups is 1. The van der Waals surface area contributed by atoms with Crippen LogP contribution in [0.3, 0.4) is 0 Å². The molecule has 0 bridgehead atoms. The van der Waals surface area contributed by atoms with Crippen LogP contribution >= 0.6 is 0 Å². The van der Waals surface area contributed by atoms with E-state index in [2.05, 4.69) is 37.6 Å². The van der Waals surface area contributed by atoms with Gasteiger partial charge in [-0.25, -0.2) is 4.98 Å². The van der Waals surface area contributed by atoms with Gasteiger partial charge in [0.05, 0.1) is 5.52 Å². The van der Waals surface area contributed by atoms with Gasteiger partial charge in [0.1, 0.15) is 5.82 Å². The Balaban J connectivity index is 1.45. The predicted molar refractivity (Wildman–Crippen MR) is 105 cm³/mol. The number of hydrogen-bond donors (Lipinski definition) is 2. The van der Waals surface area contributed by atoms with Crippen molar-refractivity contribution in [3.05, 3.63) is 36.4 Å². The molecule has 7 heteroatoms. The molecule has 1 aliphatic heterocycles. The molecular weight excluding hydrogens is 328 g/mol. The molecule has 1 aliphatic rings. The van der Waals surface area contributed by atoms with Crippen LogP contribution in [0.15, 0.2) is 41.4 Å². The first-order chi connectivity index (χ1) is 12.7. The molecule has 7 nitrogen and oxygen atoms in total. The minimum Gasteiger partial charge on any atom is -0.368 e. The Morgan fingerprint density at radius 1 is 1.08 bits per heavy atom. The molecule has 2 heterocycles. The molecule has 3 rings (SSSR count). The van der Waals surface area contributed by atoms with E-state index in [-0.39, 0.29) is 5.91 Å². The van der Waals surface area contributed by atoms with Gasteiger partial charge in [-0.05, 0) is 18.2 Å². The summed E-state index contributed by atoms with van der Waals surface area (Å²) in [5.74, 6) is 1.89. The molecule has 0 atom stereocenters. The number of piperazine rings is 1. The number of nitrogens with zero attached hydrogens (tertiary/aromatic N) is 4. The second-order valence-corrected chi connectivity index (χ2v) is 6.28. The lowest BCUT2D eigenvalue weighted by Gasteiger charge is -2.36. The molecule has 1 saturated heterocycles. The molecule has 2 N–H and O–H groups in total. The molecule has 1 fully saturated rings. The Labute approximate surface area is 154 Å². The summed E-state index contributed by atoms with van der Waals surface area (Å²) in [5.41, 5.74) is 0.990. The Morgan fingerprint density at radius 2 is 1.81 bits per heavy atom. The van der Waals surface area contributed by atoms with Gasteiger partial charge in [-0.2, -0.15) is 0 Å². The third-order valence-corrected chi connectivity index (χ3v) is 4.55. The van der Waals surface area contributed by atoms with Crippen molar-refractivity contribution in [2.75, 3.05) is 51.6 Å². The molecule has 138 valence electrons. The summed E-state index contributed by atoms with van der Waals surface area (Å²) in [5, 5.41) is 7.85. The van der Waals surface area contributed by atoms with E-state index in [1.54, 1.807) is 14.0 Å². The monoisotopic (exact) mass is 354 g/mol. The van der Waals surface area contributed by atoms with Gasteiger partial charge in [-0.1, -0.05) is 18.2 Å². The number of aromatic nitrogens is 1. The number of anilines is 1. The fourth-order valence-corrected chi connectivity index (χ4v) is 3.09. The van der Waals surface area contributed by atoms with Crippen molar-refractivity contribution in [2.24, 2.45) is 4.99 Å². The fourth-order valence-electron chi connectivity index (χ4n) is 3.09. The van der Waals surface area contributed by atoms with E-state index in [0.29, 0.717) is 0 Å².